The molecule has 0 amide bonds. The maximum absolute atomic E-state index is 3.53. The molecule has 1 saturated carbocycles. The molecule has 1 nitrogen and oxygen atoms in total. The normalized spacial score (nSPS) is 29.0. The third-order valence-electron chi connectivity index (χ3n) is 2.90. The van der Waals surface area contributed by atoms with Gasteiger partial charge in [-0.15, -0.1) is 0 Å². The Balaban J connectivity index is 1.90. The number of hydrogen-bond donors (Lipinski definition) is 1. The molecule has 0 aromatic heterocycles. The lowest BCUT2D eigenvalue weighted by Gasteiger charge is -2.35. The van der Waals surface area contributed by atoms with E-state index in [1.807, 2.05) is 0 Å². The van der Waals surface area contributed by atoms with Crippen LogP contribution < -0.4 is 5.32 Å². The van der Waals surface area contributed by atoms with Crippen molar-refractivity contribution >= 4 is 0 Å². The van der Waals surface area contributed by atoms with E-state index in [-0.39, 0.29) is 0 Å². The molecule has 0 aromatic rings. The Hall–Kier alpha value is -0.0400. The SMILES string of the molecule is CCC1CC(CNCC(C)C)C1. The van der Waals surface area contributed by atoms with Crippen LogP contribution in [0.15, 0.2) is 0 Å². The summed E-state index contributed by atoms with van der Waals surface area (Å²) in [5, 5.41) is 3.53. The molecule has 1 N–H and O–H groups in total. The average molecular weight is 169 g/mol. The molecule has 0 heterocycles. The highest BCUT2D eigenvalue weighted by Crippen LogP contribution is 2.35. The van der Waals surface area contributed by atoms with Crippen molar-refractivity contribution in [2.24, 2.45) is 17.8 Å². The third-order valence-corrected chi connectivity index (χ3v) is 2.90. The minimum absolute atomic E-state index is 0.798. The van der Waals surface area contributed by atoms with Crippen molar-refractivity contribution in [1.29, 1.82) is 0 Å². The Morgan fingerprint density at radius 1 is 1.25 bits per heavy atom. The lowest BCUT2D eigenvalue weighted by molar-refractivity contribution is 0.182. The second kappa shape index (κ2) is 4.86. The zero-order valence-corrected chi connectivity index (χ0v) is 8.77. The smallest absolute Gasteiger partial charge is 0.00202 e. The summed E-state index contributed by atoms with van der Waals surface area (Å²) >= 11 is 0. The monoisotopic (exact) mass is 169 g/mol. The Morgan fingerprint density at radius 2 is 1.92 bits per heavy atom. The number of nitrogens with one attached hydrogen (secondary N) is 1. The molecule has 0 bridgehead atoms. The van der Waals surface area contributed by atoms with Gasteiger partial charge in [0.1, 0.15) is 0 Å². The molecule has 1 fully saturated rings. The summed E-state index contributed by atoms with van der Waals surface area (Å²) in [7, 11) is 0. The second-order valence-corrected chi connectivity index (χ2v) is 4.66. The molecule has 1 heteroatoms. The van der Waals surface area contributed by atoms with Crippen molar-refractivity contribution in [2.75, 3.05) is 13.1 Å². The van der Waals surface area contributed by atoms with Crippen LogP contribution in [-0.4, -0.2) is 13.1 Å². The lowest BCUT2D eigenvalue weighted by atomic mass is 9.73. The minimum atomic E-state index is 0.798. The molecule has 0 aromatic carbocycles. The first-order valence-corrected chi connectivity index (χ1v) is 5.43. The molecule has 0 unspecified atom stereocenters. The van der Waals surface area contributed by atoms with E-state index in [1.54, 1.807) is 0 Å². The predicted molar refractivity (Wildman–Crippen MR) is 54.2 cm³/mol. The molecular weight excluding hydrogens is 146 g/mol. The Morgan fingerprint density at radius 3 is 2.42 bits per heavy atom. The average Bonchev–Trinajstić information content (AvgIpc) is 1.93. The van der Waals surface area contributed by atoms with Crippen molar-refractivity contribution in [3.05, 3.63) is 0 Å². The minimum Gasteiger partial charge on any atom is -0.316 e. The van der Waals surface area contributed by atoms with Gasteiger partial charge in [-0.25, -0.2) is 0 Å². The molecule has 0 aliphatic heterocycles. The number of rotatable bonds is 5. The molecule has 0 spiro atoms. The Kier molecular flexibility index (Phi) is 4.07. The molecule has 0 radical (unpaired) electrons. The van der Waals surface area contributed by atoms with Gasteiger partial charge in [-0.05, 0) is 43.7 Å². The van der Waals surface area contributed by atoms with Crippen LogP contribution in [0.3, 0.4) is 0 Å². The fourth-order valence-electron chi connectivity index (χ4n) is 1.95. The summed E-state index contributed by atoms with van der Waals surface area (Å²) in [5.74, 6) is 2.84. The second-order valence-electron chi connectivity index (χ2n) is 4.66. The van der Waals surface area contributed by atoms with Gasteiger partial charge in [0.05, 0.1) is 0 Å². The maximum Gasteiger partial charge on any atom is -0.00202 e. The van der Waals surface area contributed by atoms with Crippen LogP contribution in [0, 0.1) is 17.8 Å². The van der Waals surface area contributed by atoms with Gasteiger partial charge in [-0.1, -0.05) is 27.2 Å². The summed E-state index contributed by atoms with van der Waals surface area (Å²) in [5.41, 5.74) is 0. The van der Waals surface area contributed by atoms with Gasteiger partial charge in [-0.3, -0.25) is 0 Å². The van der Waals surface area contributed by atoms with E-state index in [1.165, 1.54) is 32.4 Å². The highest BCUT2D eigenvalue weighted by molar-refractivity contribution is 4.79. The van der Waals surface area contributed by atoms with Crippen LogP contribution in [0.5, 0.6) is 0 Å². The Labute approximate surface area is 76.9 Å². The first-order valence-electron chi connectivity index (χ1n) is 5.43. The largest absolute Gasteiger partial charge is 0.316 e. The first kappa shape index (κ1) is 10.0. The van der Waals surface area contributed by atoms with Crippen LogP contribution in [0.25, 0.3) is 0 Å². The summed E-state index contributed by atoms with van der Waals surface area (Å²) in [6.07, 6.45) is 4.34. The van der Waals surface area contributed by atoms with Gasteiger partial charge in [0.25, 0.3) is 0 Å². The van der Waals surface area contributed by atoms with Gasteiger partial charge in [0.2, 0.25) is 0 Å². The molecule has 1 aliphatic rings. The van der Waals surface area contributed by atoms with Crippen molar-refractivity contribution in [2.45, 2.75) is 40.0 Å². The van der Waals surface area contributed by atoms with Crippen molar-refractivity contribution < 1.29 is 0 Å². The van der Waals surface area contributed by atoms with E-state index >= 15 is 0 Å². The Bertz CT molecular complexity index is 114. The number of hydrogen-bond acceptors (Lipinski definition) is 1. The molecule has 72 valence electrons. The van der Waals surface area contributed by atoms with E-state index in [2.05, 4.69) is 26.1 Å². The molecule has 12 heavy (non-hydrogen) atoms. The van der Waals surface area contributed by atoms with Crippen LogP contribution in [0.2, 0.25) is 0 Å². The first-order chi connectivity index (χ1) is 5.72. The van der Waals surface area contributed by atoms with E-state index in [0.29, 0.717) is 0 Å². The standard InChI is InChI=1S/C11H23N/c1-4-10-5-11(6-10)8-12-7-9(2)3/h9-12H,4-8H2,1-3H3. The molecule has 0 atom stereocenters. The zero-order chi connectivity index (χ0) is 8.97. The summed E-state index contributed by atoms with van der Waals surface area (Å²) < 4.78 is 0. The van der Waals surface area contributed by atoms with Gasteiger partial charge < -0.3 is 5.32 Å². The summed E-state index contributed by atoms with van der Waals surface area (Å²) in [4.78, 5) is 0. The quantitative estimate of drug-likeness (QED) is 0.667. The fraction of sp³-hybridized carbons (Fsp3) is 1.00. The van der Waals surface area contributed by atoms with Gasteiger partial charge in [-0.2, -0.15) is 0 Å². The van der Waals surface area contributed by atoms with E-state index in [4.69, 9.17) is 0 Å². The van der Waals surface area contributed by atoms with Crippen molar-refractivity contribution in [1.82, 2.24) is 5.32 Å². The topological polar surface area (TPSA) is 12.0 Å². The molecule has 1 aliphatic carbocycles. The van der Waals surface area contributed by atoms with Crippen LogP contribution >= 0.6 is 0 Å². The van der Waals surface area contributed by atoms with E-state index in [9.17, 15) is 0 Å². The van der Waals surface area contributed by atoms with Crippen LogP contribution in [0.4, 0.5) is 0 Å². The third kappa shape index (κ3) is 3.14. The lowest BCUT2D eigenvalue weighted by Crippen LogP contribution is -2.34. The van der Waals surface area contributed by atoms with Gasteiger partial charge in [0.15, 0.2) is 0 Å². The highest BCUT2D eigenvalue weighted by atomic mass is 14.9. The highest BCUT2D eigenvalue weighted by Gasteiger charge is 2.26. The van der Waals surface area contributed by atoms with Crippen LogP contribution in [0.1, 0.15) is 40.0 Å². The maximum atomic E-state index is 3.53. The van der Waals surface area contributed by atoms with E-state index in [0.717, 1.165) is 17.8 Å². The van der Waals surface area contributed by atoms with E-state index < -0.39 is 0 Å². The molecular formula is C11H23N. The molecule has 0 saturated heterocycles. The predicted octanol–water partition coefficient (Wildman–Crippen LogP) is 2.67. The summed E-state index contributed by atoms with van der Waals surface area (Å²) in [6.45, 7) is 9.29. The summed E-state index contributed by atoms with van der Waals surface area (Å²) in [6, 6.07) is 0. The zero-order valence-electron chi connectivity index (χ0n) is 8.77. The van der Waals surface area contributed by atoms with Crippen LogP contribution in [-0.2, 0) is 0 Å². The van der Waals surface area contributed by atoms with Gasteiger partial charge >= 0.3 is 0 Å². The van der Waals surface area contributed by atoms with Crippen molar-refractivity contribution in [3.63, 3.8) is 0 Å². The van der Waals surface area contributed by atoms with Gasteiger partial charge in [0, 0.05) is 0 Å². The fourth-order valence-corrected chi connectivity index (χ4v) is 1.95. The molecule has 1 rings (SSSR count). The van der Waals surface area contributed by atoms with Crippen molar-refractivity contribution in [3.8, 4) is 0 Å².